The summed E-state index contributed by atoms with van der Waals surface area (Å²) in [4.78, 5) is 0. The van der Waals surface area contributed by atoms with Crippen molar-refractivity contribution in [3.8, 4) is 16.9 Å². The highest BCUT2D eigenvalue weighted by molar-refractivity contribution is 9.11. The van der Waals surface area contributed by atoms with Crippen LogP contribution in [0.25, 0.3) is 11.1 Å². The van der Waals surface area contributed by atoms with Crippen molar-refractivity contribution in [2.75, 3.05) is 7.11 Å². The van der Waals surface area contributed by atoms with Gasteiger partial charge in [0, 0.05) is 20.1 Å². The van der Waals surface area contributed by atoms with Crippen LogP contribution in [0.2, 0.25) is 0 Å². The first-order valence-corrected chi connectivity index (χ1v) is 7.13. The first-order chi connectivity index (χ1) is 9.34. The minimum atomic E-state index is -4.38. The Morgan fingerprint density at radius 1 is 1.00 bits per heavy atom. The summed E-state index contributed by atoms with van der Waals surface area (Å²) in [7, 11) is 1.48. The van der Waals surface area contributed by atoms with Gasteiger partial charge in [-0.2, -0.15) is 13.2 Å². The Labute approximate surface area is 131 Å². The van der Waals surface area contributed by atoms with Gasteiger partial charge < -0.3 is 4.74 Å². The fourth-order valence-corrected chi connectivity index (χ4v) is 2.84. The Morgan fingerprint density at radius 3 is 2.30 bits per heavy atom. The second-order valence-electron chi connectivity index (χ2n) is 4.01. The molecule has 0 fully saturated rings. The van der Waals surface area contributed by atoms with E-state index in [2.05, 4.69) is 31.9 Å². The van der Waals surface area contributed by atoms with E-state index in [0.29, 0.717) is 25.8 Å². The molecule has 2 aromatic rings. The van der Waals surface area contributed by atoms with Gasteiger partial charge >= 0.3 is 6.18 Å². The van der Waals surface area contributed by atoms with Gasteiger partial charge in [-0.15, -0.1) is 0 Å². The van der Waals surface area contributed by atoms with Crippen LogP contribution in [-0.2, 0) is 6.18 Å². The van der Waals surface area contributed by atoms with Gasteiger partial charge in [-0.1, -0.05) is 37.9 Å². The Kier molecular flexibility index (Phi) is 4.44. The number of hydrogen-bond donors (Lipinski definition) is 0. The van der Waals surface area contributed by atoms with Crippen molar-refractivity contribution < 1.29 is 17.9 Å². The number of benzene rings is 2. The van der Waals surface area contributed by atoms with Gasteiger partial charge in [0.05, 0.1) is 12.7 Å². The summed E-state index contributed by atoms with van der Waals surface area (Å²) < 4.78 is 45.0. The van der Waals surface area contributed by atoms with Crippen LogP contribution in [0.15, 0.2) is 45.3 Å². The lowest BCUT2D eigenvalue weighted by atomic mass is 10.0. The lowest BCUT2D eigenvalue weighted by Gasteiger charge is -2.15. The predicted octanol–water partition coefficient (Wildman–Crippen LogP) is 5.91. The molecular formula is C14H9Br2F3O. The van der Waals surface area contributed by atoms with Gasteiger partial charge in [-0.05, 0) is 30.3 Å². The second kappa shape index (κ2) is 5.77. The summed E-state index contributed by atoms with van der Waals surface area (Å²) in [6.07, 6.45) is -4.38. The molecule has 0 saturated heterocycles. The van der Waals surface area contributed by atoms with Gasteiger partial charge in [-0.25, -0.2) is 0 Å². The van der Waals surface area contributed by atoms with E-state index in [9.17, 15) is 13.2 Å². The Bertz CT molecular complexity index is 639. The van der Waals surface area contributed by atoms with Crippen molar-refractivity contribution in [2.45, 2.75) is 6.18 Å². The number of hydrogen-bond acceptors (Lipinski definition) is 1. The largest absolute Gasteiger partial charge is 0.496 e. The molecule has 2 rings (SSSR count). The molecule has 0 saturated carbocycles. The molecule has 0 N–H and O–H groups in total. The zero-order valence-corrected chi connectivity index (χ0v) is 13.4. The van der Waals surface area contributed by atoms with Gasteiger partial charge in [0.1, 0.15) is 5.75 Å². The molecular weight excluding hydrogens is 401 g/mol. The maximum atomic E-state index is 12.8. The number of methoxy groups -OCH3 is 1. The lowest BCUT2D eigenvalue weighted by molar-refractivity contribution is -0.137. The first kappa shape index (κ1) is 15.4. The van der Waals surface area contributed by atoms with Crippen LogP contribution in [-0.4, -0.2) is 7.11 Å². The van der Waals surface area contributed by atoms with Crippen molar-refractivity contribution in [1.82, 2.24) is 0 Å². The molecule has 20 heavy (non-hydrogen) atoms. The van der Waals surface area contributed by atoms with Gasteiger partial charge in [0.15, 0.2) is 0 Å². The topological polar surface area (TPSA) is 9.23 Å². The molecule has 0 heterocycles. The maximum Gasteiger partial charge on any atom is 0.416 e. The molecule has 0 amide bonds. The fraction of sp³-hybridized carbons (Fsp3) is 0.143. The van der Waals surface area contributed by atoms with Crippen molar-refractivity contribution in [1.29, 1.82) is 0 Å². The van der Waals surface area contributed by atoms with Crippen LogP contribution in [0.5, 0.6) is 5.75 Å². The van der Waals surface area contributed by atoms with E-state index in [1.807, 2.05) is 0 Å². The van der Waals surface area contributed by atoms with E-state index in [1.165, 1.54) is 13.2 Å². The third-order valence-corrected chi connectivity index (χ3v) is 4.11. The molecule has 2 aromatic carbocycles. The third kappa shape index (κ3) is 3.01. The van der Waals surface area contributed by atoms with Crippen molar-refractivity contribution >= 4 is 31.9 Å². The SMILES string of the molecule is COc1cccc(Br)c1-c1cc(C(F)(F)F)ccc1Br. The normalized spacial score (nSPS) is 11.5. The Balaban J connectivity index is 2.70. The summed E-state index contributed by atoms with van der Waals surface area (Å²) in [6.45, 7) is 0. The fourth-order valence-electron chi connectivity index (χ4n) is 1.83. The molecule has 0 aliphatic heterocycles. The molecule has 0 atom stereocenters. The van der Waals surface area contributed by atoms with E-state index < -0.39 is 11.7 Å². The van der Waals surface area contributed by atoms with Crippen LogP contribution < -0.4 is 4.74 Å². The quantitative estimate of drug-likeness (QED) is 0.599. The average molecular weight is 410 g/mol. The van der Waals surface area contributed by atoms with Crippen LogP contribution in [0.1, 0.15) is 5.56 Å². The van der Waals surface area contributed by atoms with E-state index in [-0.39, 0.29) is 0 Å². The van der Waals surface area contributed by atoms with Crippen molar-refractivity contribution in [3.05, 3.63) is 50.9 Å². The third-order valence-electron chi connectivity index (χ3n) is 2.76. The van der Waals surface area contributed by atoms with E-state index in [4.69, 9.17) is 4.74 Å². The number of ether oxygens (including phenoxy) is 1. The van der Waals surface area contributed by atoms with Crippen LogP contribution in [0.4, 0.5) is 13.2 Å². The van der Waals surface area contributed by atoms with Crippen molar-refractivity contribution in [3.63, 3.8) is 0 Å². The summed E-state index contributed by atoms with van der Waals surface area (Å²) in [5, 5.41) is 0. The molecule has 0 aliphatic carbocycles. The number of halogens is 5. The Hall–Kier alpha value is -1.01. The van der Waals surface area contributed by atoms with Gasteiger partial charge in [0.2, 0.25) is 0 Å². The zero-order valence-electron chi connectivity index (χ0n) is 10.3. The smallest absolute Gasteiger partial charge is 0.416 e. The van der Waals surface area contributed by atoms with Crippen LogP contribution in [0, 0.1) is 0 Å². The summed E-state index contributed by atoms with van der Waals surface area (Å²) in [6, 6.07) is 8.74. The van der Waals surface area contributed by atoms with Crippen LogP contribution >= 0.6 is 31.9 Å². The molecule has 1 nitrogen and oxygen atoms in total. The van der Waals surface area contributed by atoms with E-state index >= 15 is 0 Å². The minimum absolute atomic E-state index is 0.421. The van der Waals surface area contributed by atoms with Crippen molar-refractivity contribution in [2.24, 2.45) is 0 Å². The monoisotopic (exact) mass is 408 g/mol. The average Bonchev–Trinajstić information content (AvgIpc) is 2.38. The highest BCUT2D eigenvalue weighted by atomic mass is 79.9. The molecule has 0 bridgehead atoms. The number of alkyl halides is 3. The first-order valence-electron chi connectivity index (χ1n) is 5.54. The molecule has 6 heteroatoms. The molecule has 0 unspecified atom stereocenters. The zero-order chi connectivity index (χ0) is 14.9. The molecule has 0 aromatic heterocycles. The molecule has 106 valence electrons. The minimum Gasteiger partial charge on any atom is -0.496 e. The molecule has 0 radical (unpaired) electrons. The second-order valence-corrected chi connectivity index (χ2v) is 5.72. The van der Waals surface area contributed by atoms with E-state index in [1.54, 1.807) is 18.2 Å². The standard InChI is InChI=1S/C14H9Br2F3O/c1-20-12-4-2-3-11(16)13(12)9-7-8(14(17,18)19)5-6-10(9)15/h2-7H,1H3. The van der Waals surface area contributed by atoms with Gasteiger partial charge in [-0.3, -0.25) is 0 Å². The summed E-state index contributed by atoms with van der Waals surface area (Å²) >= 11 is 6.64. The molecule has 0 spiro atoms. The summed E-state index contributed by atoms with van der Waals surface area (Å²) in [5.41, 5.74) is 0.297. The Morgan fingerprint density at radius 2 is 1.70 bits per heavy atom. The number of rotatable bonds is 2. The maximum absolute atomic E-state index is 12.8. The predicted molar refractivity (Wildman–Crippen MR) is 78.8 cm³/mol. The molecule has 0 aliphatic rings. The lowest BCUT2D eigenvalue weighted by Crippen LogP contribution is -2.05. The van der Waals surface area contributed by atoms with Crippen LogP contribution in [0.3, 0.4) is 0 Å². The van der Waals surface area contributed by atoms with Gasteiger partial charge in [0.25, 0.3) is 0 Å². The highest BCUT2D eigenvalue weighted by Crippen LogP contribution is 2.42. The van der Waals surface area contributed by atoms with E-state index in [0.717, 1.165) is 12.1 Å². The summed E-state index contributed by atoms with van der Waals surface area (Å²) in [5.74, 6) is 0.499. The highest BCUT2D eigenvalue weighted by Gasteiger charge is 2.31.